The Morgan fingerprint density at radius 3 is 2.38 bits per heavy atom. The number of carboxylic acids is 1. The molecule has 7 nitrogen and oxygen atoms in total. The summed E-state index contributed by atoms with van der Waals surface area (Å²) in [5.41, 5.74) is 5.15. The summed E-state index contributed by atoms with van der Waals surface area (Å²) in [6, 6.07) is -1.17. The molecule has 13 heavy (non-hydrogen) atoms. The number of aliphatic carboxylic acids is 1. The second kappa shape index (κ2) is 5.52. The Bertz CT molecular complexity index is 197. The second-order valence-corrected chi connectivity index (χ2v) is 2.43. The quantitative estimate of drug-likeness (QED) is 0.292. The van der Waals surface area contributed by atoms with Crippen molar-refractivity contribution in [2.75, 3.05) is 6.44 Å². The van der Waals surface area contributed by atoms with Crippen LogP contribution < -0.4 is 11.1 Å². The summed E-state index contributed by atoms with van der Waals surface area (Å²) in [7, 11) is -1.67. The van der Waals surface area contributed by atoms with E-state index in [1.807, 2.05) is 0 Å². The average Bonchev–Trinajstić information content (AvgIpc) is 1.98. The molecule has 6 N–H and O–H groups in total. The van der Waals surface area contributed by atoms with Gasteiger partial charge < -0.3 is 26.2 Å². The van der Waals surface area contributed by atoms with Crippen LogP contribution >= 0.6 is 0 Å². The lowest BCUT2D eigenvalue weighted by molar-refractivity contribution is -0.139. The number of hydrogen-bond acceptors (Lipinski definition) is 5. The first-order valence-electron chi connectivity index (χ1n) is 3.54. The first kappa shape index (κ1) is 11.9. The number of carboxylic acid groups (broad SMARTS) is 1. The monoisotopic (exact) mass is 190 g/mol. The smallest absolute Gasteiger partial charge is 0.472 e. The summed E-state index contributed by atoms with van der Waals surface area (Å²) in [5, 5.41) is 27.0. The maximum absolute atomic E-state index is 10.9. The molecule has 0 bridgehead atoms. The first-order chi connectivity index (χ1) is 5.93. The highest BCUT2D eigenvalue weighted by Crippen LogP contribution is 1.87. The molecule has 0 aliphatic rings. The number of amides is 1. The average molecular weight is 190 g/mol. The molecule has 1 amide bonds. The van der Waals surface area contributed by atoms with E-state index in [1.54, 1.807) is 0 Å². The van der Waals surface area contributed by atoms with Gasteiger partial charge >= 0.3 is 13.1 Å². The maximum Gasteiger partial charge on any atom is 0.472 e. The molecule has 0 aliphatic carbocycles. The van der Waals surface area contributed by atoms with E-state index in [9.17, 15) is 9.59 Å². The predicted octanol–water partition coefficient (Wildman–Crippen LogP) is -3.08. The van der Waals surface area contributed by atoms with Gasteiger partial charge in [0.15, 0.2) is 0 Å². The van der Waals surface area contributed by atoms with Crippen LogP contribution in [0.5, 0.6) is 0 Å². The zero-order chi connectivity index (χ0) is 10.4. The van der Waals surface area contributed by atoms with Crippen LogP contribution in [-0.4, -0.2) is 46.6 Å². The molecule has 8 heteroatoms. The third-order valence-electron chi connectivity index (χ3n) is 1.19. The number of carbonyl (C=O) groups excluding carboxylic acids is 1. The van der Waals surface area contributed by atoms with Gasteiger partial charge in [0.2, 0.25) is 5.91 Å². The zero-order valence-corrected chi connectivity index (χ0v) is 6.80. The number of carbonyl (C=O) groups is 2. The molecule has 0 aromatic carbocycles. The largest absolute Gasteiger partial charge is 0.481 e. The Hall–Kier alpha value is -1.12. The fourth-order valence-electron chi connectivity index (χ4n) is 0.604. The van der Waals surface area contributed by atoms with Gasteiger partial charge in [-0.3, -0.25) is 9.59 Å². The summed E-state index contributed by atoms with van der Waals surface area (Å²) in [6.07, 6.45) is -0.862. The second-order valence-electron chi connectivity index (χ2n) is 2.43. The molecular weight excluding hydrogens is 179 g/mol. The fourth-order valence-corrected chi connectivity index (χ4v) is 0.604. The van der Waals surface area contributed by atoms with Crippen LogP contribution in [0.25, 0.3) is 0 Å². The van der Waals surface area contributed by atoms with Gasteiger partial charge in [-0.15, -0.1) is 0 Å². The molecule has 1 atom stereocenters. The zero-order valence-electron chi connectivity index (χ0n) is 6.80. The minimum Gasteiger partial charge on any atom is -0.481 e. The SMILES string of the molecule is N[C@@H](CC(=O)O)C(=O)NCB(O)O. The molecule has 0 aliphatic heterocycles. The van der Waals surface area contributed by atoms with E-state index in [0.29, 0.717) is 0 Å². The van der Waals surface area contributed by atoms with Crippen LogP contribution in [0.3, 0.4) is 0 Å². The van der Waals surface area contributed by atoms with Crippen molar-refractivity contribution in [1.82, 2.24) is 5.32 Å². The lowest BCUT2D eigenvalue weighted by atomic mass is 9.92. The van der Waals surface area contributed by atoms with Crippen molar-refractivity contribution >= 4 is 19.0 Å². The van der Waals surface area contributed by atoms with Crippen molar-refractivity contribution in [3.63, 3.8) is 0 Å². The minimum atomic E-state index is -1.67. The topological polar surface area (TPSA) is 133 Å². The van der Waals surface area contributed by atoms with Gasteiger partial charge in [0.1, 0.15) is 0 Å². The van der Waals surface area contributed by atoms with E-state index in [0.717, 1.165) is 0 Å². The van der Waals surface area contributed by atoms with Crippen LogP contribution in [-0.2, 0) is 9.59 Å². The van der Waals surface area contributed by atoms with Gasteiger partial charge in [-0.1, -0.05) is 0 Å². The first-order valence-corrected chi connectivity index (χ1v) is 3.54. The maximum atomic E-state index is 10.9. The van der Waals surface area contributed by atoms with Crippen molar-refractivity contribution in [1.29, 1.82) is 0 Å². The van der Waals surface area contributed by atoms with E-state index in [1.165, 1.54) is 0 Å². The van der Waals surface area contributed by atoms with Gasteiger partial charge in [-0.2, -0.15) is 0 Å². The molecular formula is C5H11BN2O5. The van der Waals surface area contributed by atoms with Gasteiger partial charge in [-0.05, 0) is 0 Å². The molecule has 74 valence electrons. The van der Waals surface area contributed by atoms with Gasteiger partial charge in [0.05, 0.1) is 18.9 Å². The normalized spacial score (nSPS) is 11.9. The number of rotatable bonds is 5. The Labute approximate surface area is 74.7 Å². The van der Waals surface area contributed by atoms with Crippen molar-refractivity contribution in [2.24, 2.45) is 5.73 Å². The van der Waals surface area contributed by atoms with Crippen LogP contribution in [0.1, 0.15) is 6.42 Å². The third-order valence-corrected chi connectivity index (χ3v) is 1.19. The molecule has 0 radical (unpaired) electrons. The van der Waals surface area contributed by atoms with Crippen LogP contribution in [0.15, 0.2) is 0 Å². The molecule has 0 saturated heterocycles. The molecule has 0 aromatic heterocycles. The summed E-state index contributed by atoms with van der Waals surface area (Å²) >= 11 is 0. The lowest BCUT2D eigenvalue weighted by Gasteiger charge is -2.08. The molecule has 0 spiro atoms. The number of hydrogen-bond donors (Lipinski definition) is 5. The van der Waals surface area contributed by atoms with E-state index in [-0.39, 0.29) is 6.44 Å². The lowest BCUT2D eigenvalue weighted by Crippen LogP contribution is -2.45. The molecule has 0 rings (SSSR count). The fraction of sp³-hybridized carbons (Fsp3) is 0.600. The number of nitrogens with two attached hydrogens (primary N) is 1. The Morgan fingerprint density at radius 2 is 2.00 bits per heavy atom. The van der Waals surface area contributed by atoms with Crippen LogP contribution in [0, 0.1) is 0 Å². The van der Waals surface area contributed by atoms with Crippen molar-refractivity contribution in [3.05, 3.63) is 0 Å². The van der Waals surface area contributed by atoms with Crippen LogP contribution in [0.4, 0.5) is 0 Å². The molecule has 0 unspecified atom stereocenters. The van der Waals surface area contributed by atoms with Gasteiger partial charge in [0.25, 0.3) is 0 Å². The molecule has 0 fully saturated rings. The van der Waals surface area contributed by atoms with Crippen molar-refractivity contribution in [2.45, 2.75) is 12.5 Å². The molecule has 0 aromatic rings. The summed E-state index contributed by atoms with van der Waals surface area (Å²) in [5.74, 6) is -1.91. The van der Waals surface area contributed by atoms with E-state index < -0.39 is 31.5 Å². The van der Waals surface area contributed by atoms with Gasteiger partial charge in [0, 0.05) is 0 Å². The highest BCUT2D eigenvalue weighted by atomic mass is 16.4. The standard InChI is InChI=1S/C5H11BN2O5/c7-3(1-4(9)10)5(11)8-2-6(12)13/h3,12-13H,1-2,7H2,(H,8,11)(H,9,10)/t3-/m0/s1. The minimum absolute atomic E-state index is 0.369. The van der Waals surface area contributed by atoms with Crippen molar-refractivity contribution < 1.29 is 24.7 Å². The molecule has 0 saturated carbocycles. The highest BCUT2D eigenvalue weighted by molar-refractivity contribution is 6.41. The Morgan fingerprint density at radius 1 is 1.46 bits per heavy atom. The Balaban J connectivity index is 3.76. The summed E-state index contributed by atoms with van der Waals surface area (Å²) < 4.78 is 0. The van der Waals surface area contributed by atoms with E-state index in [2.05, 4.69) is 5.32 Å². The third kappa shape index (κ3) is 6.08. The predicted molar refractivity (Wildman–Crippen MR) is 43.4 cm³/mol. The van der Waals surface area contributed by atoms with Crippen molar-refractivity contribution in [3.8, 4) is 0 Å². The van der Waals surface area contributed by atoms with E-state index in [4.69, 9.17) is 20.9 Å². The summed E-state index contributed by atoms with van der Waals surface area (Å²) in [4.78, 5) is 21.0. The summed E-state index contributed by atoms with van der Waals surface area (Å²) in [6.45, 7) is 0. The number of nitrogens with one attached hydrogen (secondary N) is 1. The van der Waals surface area contributed by atoms with Gasteiger partial charge in [-0.25, -0.2) is 0 Å². The molecule has 0 heterocycles. The van der Waals surface area contributed by atoms with Crippen LogP contribution in [0.2, 0.25) is 0 Å². The Kier molecular flexibility index (Phi) is 5.04. The van der Waals surface area contributed by atoms with E-state index >= 15 is 0 Å². The highest BCUT2D eigenvalue weighted by Gasteiger charge is 2.18.